The predicted molar refractivity (Wildman–Crippen MR) is 151 cm³/mol. The predicted octanol–water partition coefficient (Wildman–Crippen LogP) is 4.95. The minimum atomic E-state index is -1.51. The number of halogens is 3. The van der Waals surface area contributed by atoms with Gasteiger partial charge >= 0.3 is 5.97 Å². The molecule has 0 spiro atoms. The van der Waals surface area contributed by atoms with Crippen molar-refractivity contribution in [2.45, 2.75) is 25.1 Å². The lowest BCUT2D eigenvalue weighted by Gasteiger charge is -2.59. The van der Waals surface area contributed by atoms with Crippen molar-refractivity contribution in [1.82, 2.24) is 0 Å². The van der Waals surface area contributed by atoms with E-state index >= 15 is 0 Å². The Bertz CT molecular complexity index is 1460. The van der Waals surface area contributed by atoms with Gasteiger partial charge < -0.3 is 4.74 Å². The number of ether oxygens (including phenoxy) is 1. The van der Waals surface area contributed by atoms with Gasteiger partial charge in [-0.15, -0.1) is 0 Å². The maximum absolute atomic E-state index is 14.2. The van der Waals surface area contributed by atoms with Gasteiger partial charge in [-0.2, -0.15) is 0 Å². The maximum Gasteiger partial charge on any atom is 0.334 e. The number of benzene rings is 2. The molecule has 3 fully saturated rings. The first-order valence-electron chi connectivity index (χ1n) is 12.7. The number of nitrogens with zero attached hydrogens (tertiary/aromatic N) is 2. The molecule has 2 aromatic carbocycles. The van der Waals surface area contributed by atoms with Gasteiger partial charge in [-0.05, 0) is 68.0 Å². The first-order valence-corrected chi connectivity index (χ1v) is 14.3. The van der Waals surface area contributed by atoms with Crippen LogP contribution in [-0.4, -0.2) is 40.5 Å². The fourth-order valence-corrected chi connectivity index (χ4v) is 8.79. The second-order valence-corrected chi connectivity index (χ2v) is 12.8. The number of imide groups is 2. The first kappa shape index (κ1) is 27.2. The summed E-state index contributed by atoms with van der Waals surface area (Å²) >= 11 is 15.8. The molecule has 4 amide bonds. The van der Waals surface area contributed by atoms with Crippen LogP contribution in [0.1, 0.15) is 20.8 Å². The van der Waals surface area contributed by atoms with E-state index in [9.17, 15) is 24.0 Å². The number of anilines is 2. The molecule has 2 unspecified atom stereocenters. The van der Waals surface area contributed by atoms with Crippen molar-refractivity contribution in [3.8, 4) is 0 Å². The summed E-state index contributed by atoms with van der Waals surface area (Å²) in [5.41, 5.74) is -0.327. The van der Waals surface area contributed by atoms with Crippen molar-refractivity contribution in [2.75, 3.05) is 16.4 Å². The molecule has 7 rings (SSSR count). The van der Waals surface area contributed by atoms with Gasteiger partial charge in [0.25, 0.3) is 0 Å². The van der Waals surface area contributed by atoms with E-state index in [1.807, 2.05) is 0 Å². The van der Waals surface area contributed by atoms with Crippen molar-refractivity contribution >= 4 is 80.1 Å². The van der Waals surface area contributed by atoms with Crippen LogP contribution in [0.3, 0.4) is 0 Å². The normalized spacial score (nSPS) is 32.6. The van der Waals surface area contributed by atoms with E-state index in [2.05, 4.69) is 15.9 Å². The van der Waals surface area contributed by atoms with Crippen LogP contribution in [0.25, 0.3) is 0 Å². The van der Waals surface area contributed by atoms with Crippen molar-refractivity contribution in [2.24, 2.45) is 29.1 Å². The van der Waals surface area contributed by atoms with Gasteiger partial charge in [0, 0.05) is 21.0 Å². The van der Waals surface area contributed by atoms with E-state index in [0.717, 1.165) is 9.80 Å². The third kappa shape index (κ3) is 3.22. The van der Waals surface area contributed by atoms with Gasteiger partial charge in [-0.3, -0.25) is 19.2 Å². The van der Waals surface area contributed by atoms with E-state index in [4.69, 9.17) is 27.9 Å². The summed E-state index contributed by atoms with van der Waals surface area (Å²) in [6, 6.07) is 12.5. The molecule has 5 aliphatic rings. The van der Waals surface area contributed by atoms with Gasteiger partial charge in [-0.25, -0.2) is 14.6 Å². The molecule has 2 saturated heterocycles. The van der Waals surface area contributed by atoms with Crippen LogP contribution >= 0.6 is 39.1 Å². The summed E-state index contributed by atoms with van der Waals surface area (Å²) in [7, 11) is 0. The Balaban J connectivity index is 1.58. The molecule has 6 atom stereocenters. The Hall–Kier alpha value is -3.01. The van der Waals surface area contributed by atoms with Gasteiger partial charge in [-0.1, -0.05) is 46.1 Å². The highest BCUT2D eigenvalue weighted by atomic mass is 79.9. The fraction of sp³-hybridized carbons (Fsp3) is 0.345. The van der Waals surface area contributed by atoms with E-state index in [1.165, 1.54) is 0 Å². The maximum atomic E-state index is 14.2. The number of hydrogen-bond acceptors (Lipinski definition) is 6. The zero-order chi connectivity index (χ0) is 28.9. The van der Waals surface area contributed by atoms with Gasteiger partial charge in [0.1, 0.15) is 0 Å². The lowest BCUT2D eigenvalue weighted by atomic mass is 9.43. The Morgan fingerprint density at radius 2 is 1.18 bits per heavy atom. The molecule has 1 saturated carbocycles. The van der Waals surface area contributed by atoms with Crippen LogP contribution in [0.5, 0.6) is 0 Å². The summed E-state index contributed by atoms with van der Waals surface area (Å²) in [6.45, 7) is 5.02. The third-order valence-electron chi connectivity index (χ3n) is 8.95. The summed E-state index contributed by atoms with van der Waals surface area (Å²) in [5.74, 6) is -7.16. The molecule has 11 heteroatoms. The number of carbonyl (C=O) groups excluding carboxylic acids is 5. The number of carbonyl (C=O) groups is 5. The quantitative estimate of drug-likeness (QED) is 0.265. The summed E-state index contributed by atoms with van der Waals surface area (Å²) in [6.07, 6.45) is 0. The second kappa shape index (κ2) is 8.99. The van der Waals surface area contributed by atoms with Crippen LogP contribution in [0.2, 0.25) is 10.0 Å². The van der Waals surface area contributed by atoms with E-state index in [0.29, 0.717) is 27.0 Å². The molecule has 0 aromatic heterocycles. The van der Waals surface area contributed by atoms with Crippen LogP contribution in [0.4, 0.5) is 11.4 Å². The number of rotatable bonds is 4. The molecule has 206 valence electrons. The van der Waals surface area contributed by atoms with Gasteiger partial charge in [0.2, 0.25) is 23.6 Å². The zero-order valence-electron chi connectivity index (χ0n) is 21.6. The Kier molecular flexibility index (Phi) is 6.11. The molecule has 40 heavy (non-hydrogen) atoms. The number of alkyl halides is 1. The number of hydrogen-bond donors (Lipinski definition) is 0. The lowest BCUT2D eigenvalue weighted by Crippen LogP contribution is -2.67. The second-order valence-electron chi connectivity index (χ2n) is 10.7. The third-order valence-corrected chi connectivity index (χ3v) is 11.0. The van der Waals surface area contributed by atoms with Gasteiger partial charge in [0.05, 0.1) is 46.0 Å². The molecule has 2 aromatic rings. The van der Waals surface area contributed by atoms with E-state index in [-0.39, 0.29) is 12.2 Å². The minimum Gasteiger partial charge on any atom is -0.463 e. The standard InChI is InChI=1S/C29H23BrCl2N2O6/c1-4-40-27(39)18-13(2)29(30)21-19(23(35)33(25(21)37)16-9-5-14(31)6-10-16)28(18,3)20-22(29)26(38)34(24(20)36)17-11-7-15(32)8-12-17/h5-12,19-22H,4H2,1-3H3/t19-,20+,21-,22-,28?,29?/m0/s1. The first-order chi connectivity index (χ1) is 18.9. The van der Waals surface area contributed by atoms with Crippen molar-refractivity contribution in [3.05, 3.63) is 69.7 Å². The summed E-state index contributed by atoms with van der Waals surface area (Å²) in [4.78, 5) is 72.5. The molecule has 0 N–H and O–H groups in total. The summed E-state index contributed by atoms with van der Waals surface area (Å²) < 4.78 is 3.92. The number of esters is 1. The largest absolute Gasteiger partial charge is 0.463 e. The topological polar surface area (TPSA) is 101 Å². The zero-order valence-corrected chi connectivity index (χ0v) is 24.7. The smallest absolute Gasteiger partial charge is 0.334 e. The molecular formula is C29H23BrCl2N2O6. The Labute approximate surface area is 248 Å². The minimum absolute atomic E-state index is 0.0662. The molecule has 3 aliphatic carbocycles. The number of amides is 4. The molecule has 2 heterocycles. The Morgan fingerprint density at radius 1 is 0.800 bits per heavy atom. The molecule has 0 radical (unpaired) electrons. The molecular weight excluding hydrogens is 623 g/mol. The monoisotopic (exact) mass is 644 g/mol. The van der Waals surface area contributed by atoms with Crippen LogP contribution in [-0.2, 0) is 28.7 Å². The highest BCUT2D eigenvalue weighted by molar-refractivity contribution is 9.10. The van der Waals surface area contributed by atoms with Crippen LogP contribution < -0.4 is 9.80 Å². The van der Waals surface area contributed by atoms with Crippen molar-refractivity contribution in [1.29, 1.82) is 0 Å². The van der Waals surface area contributed by atoms with Crippen molar-refractivity contribution in [3.63, 3.8) is 0 Å². The fourth-order valence-electron chi connectivity index (χ4n) is 7.42. The summed E-state index contributed by atoms with van der Waals surface area (Å²) in [5, 5.41) is 0.860. The van der Waals surface area contributed by atoms with Crippen molar-refractivity contribution < 1.29 is 28.7 Å². The molecule has 2 aliphatic heterocycles. The van der Waals surface area contributed by atoms with E-state index in [1.54, 1.807) is 69.3 Å². The van der Waals surface area contributed by atoms with E-state index < -0.39 is 63.0 Å². The molecule has 2 bridgehead atoms. The Morgan fingerprint density at radius 3 is 1.55 bits per heavy atom. The van der Waals surface area contributed by atoms with Gasteiger partial charge in [0.15, 0.2) is 0 Å². The highest BCUT2D eigenvalue weighted by Gasteiger charge is 2.81. The number of allylic oxidation sites excluding steroid dienone is 1. The average Bonchev–Trinajstić information content (AvgIpc) is 3.34. The van der Waals surface area contributed by atoms with Crippen LogP contribution in [0.15, 0.2) is 59.7 Å². The molecule has 8 nitrogen and oxygen atoms in total. The average molecular weight is 646 g/mol. The van der Waals surface area contributed by atoms with Crippen LogP contribution in [0, 0.1) is 29.1 Å². The lowest BCUT2D eigenvalue weighted by molar-refractivity contribution is -0.152. The SMILES string of the molecule is CCOC(=O)C1=C(C)C2(Br)[C@@H]3C(=O)N(c4ccc(Cl)cc4)C(=O)[C@H]3C1(C)[C@H]1C(=O)N(c3ccc(Cl)cc3)C(=O)[C@H]12. The highest BCUT2D eigenvalue weighted by Crippen LogP contribution is 2.72.